The Morgan fingerprint density at radius 2 is 1.27 bits per heavy atom. The van der Waals surface area contributed by atoms with Crippen LogP contribution in [0.4, 0.5) is 0 Å². The maximum Gasteiger partial charge on any atom is 0.303 e. The van der Waals surface area contributed by atoms with Crippen LogP contribution in [0.25, 0.3) is 0 Å². The summed E-state index contributed by atoms with van der Waals surface area (Å²) in [5.41, 5.74) is 0. The molecule has 2 fully saturated rings. The molecule has 0 unspecified atom stereocenters. The van der Waals surface area contributed by atoms with E-state index in [9.17, 15) is 34.2 Å². The molecule has 2 saturated heterocycles. The third kappa shape index (κ3) is 8.89. The molecule has 0 aromatic heterocycles. The number of rotatable bonds is 9. The van der Waals surface area contributed by atoms with E-state index < -0.39 is 98.4 Å². The lowest BCUT2D eigenvalue weighted by molar-refractivity contribution is -0.347. The second-order valence-corrected chi connectivity index (χ2v) is 8.38. The molecule has 0 aromatic rings. The fourth-order valence-corrected chi connectivity index (χ4v) is 3.96. The molecule has 15 heteroatoms. The fraction of sp³-hybridized carbons (Fsp3) is 0.773. The molecule has 0 bridgehead atoms. The van der Waals surface area contributed by atoms with Crippen molar-refractivity contribution in [1.82, 2.24) is 0 Å². The molecule has 0 radical (unpaired) electrons. The quantitative estimate of drug-likeness (QED) is 0.254. The molecule has 2 aliphatic heterocycles. The molecule has 0 spiro atoms. The van der Waals surface area contributed by atoms with Crippen molar-refractivity contribution in [3.63, 3.8) is 0 Å². The highest BCUT2D eigenvalue weighted by Gasteiger charge is 2.54. The Hall–Kier alpha value is -2.85. The van der Waals surface area contributed by atoms with Crippen LogP contribution in [0.2, 0.25) is 0 Å². The molecule has 15 nitrogen and oxygen atoms in total. The lowest BCUT2D eigenvalue weighted by atomic mass is 9.97. The fourth-order valence-electron chi connectivity index (χ4n) is 3.96. The predicted octanol–water partition coefficient (Wildman–Crippen LogP) is -1.51. The highest BCUT2D eigenvalue weighted by atomic mass is 16.7. The minimum absolute atomic E-state index is 0.0475. The Morgan fingerprint density at radius 1 is 0.730 bits per heavy atom. The van der Waals surface area contributed by atoms with Gasteiger partial charge in [-0.3, -0.25) is 24.0 Å². The highest BCUT2D eigenvalue weighted by molar-refractivity contribution is 5.68. The third-order valence-corrected chi connectivity index (χ3v) is 5.23. The summed E-state index contributed by atoms with van der Waals surface area (Å²) in [5, 5.41) is 20.2. The molecular weight excluding hydrogens is 504 g/mol. The minimum atomic E-state index is -1.82. The first kappa shape index (κ1) is 30.4. The van der Waals surface area contributed by atoms with Gasteiger partial charge in [-0.15, -0.1) is 0 Å². The summed E-state index contributed by atoms with van der Waals surface area (Å²) in [7, 11) is 0. The number of aliphatic hydroxyl groups excluding tert-OH is 2. The van der Waals surface area contributed by atoms with Gasteiger partial charge >= 0.3 is 29.8 Å². The van der Waals surface area contributed by atoms with Crippen molar-refractivity contribution in [3.05, 3.63) is 0 Å². The summed E-state index contributed by atoms with van der Waals surface area (Å²) < 4.78 is 43.2. The summed E-state index contributed by atoms with van der Waals surface area (Å²) in [4.78, 5) is 58.6. The molecule has 37 heavy (non-hydrogen) atoms. The van der Waals surface area contributed by atoms with E-state index >= 15 is 0 Å². The molecule has 210 valence electrons. The maximum atomic E-state index is 11.9. The Balaban J connectivity index is 2.49. The number of carbonyl (C=O) groups excluding carboxylic acids is 5. The van der Waals surface area contributed by atoms with E-state index in [0.717, 1.165) is 34.6 Å². The molecule has 2 aliphatic rings. The van der Waals surface area contributed by atoms with Gasteiger partial charge in [-0.05, 0) is 0 Å². The van der Waals surface area contributed by atoms with Gasteiger partial charge < -0.3 is 48.1 Å². The first-order valence-corrected chi connectivity index (χ1v) is 11.4. The molecule has 9 atom stereocenters. The first-order chi connectivity index (χ1) is 17.3. The second kappa shape index (κ2) is 13.6. The normalized spacial score (nSPS) is 33.5. The van der Waals surface area contributed by atoms with Crippen LogP contribution < -0.4 is 0 Å². The molecule has 2 rings (SSSR count). The number of aliphatic hydroxyl groups is 2. The Bertz CT molecular complexity index is 844. The molecule has 0 saturated carbocycles. The highest BCUT2D eigenvalue weighted by Crippen LogP contribution is 2.33. The Morgan fingerprint density at radius 3 is 1.78 bits per heavy atom. The zero-order valence-corrected chi connectivity index (χ0v) is 21.0. The van der Waals surface area contributed by atoms with Gasteiger partial charge in [0.05, 0.1) is 12.7 Å². The van der Waals surface area contributed by atoms with E-state index in [4.69, 9.17) is 37.9 Å². The summed E-state index contributed by atoms with van der Waals surface area (Å²) in [5.74, 6) is -3.87. The van der Waals surface area contributed by atoms with Crippen molar-refractivity contribution < 1.29 is 72.1 Å². The molecule has 2 N–H and O–H groups in total. The van der Waals surface area contributed by atoms with E-state index in [-0.39, 0.29) is 6.42 Å². The van der Waals surface area contributed by atoms with Crippen LogP contribution in [0.5, 0.6) is 0 Å². The molecular formula is C22H32O15. The van der Waals surface area contributed by atoms with E-state index in [1.807, 2.05) is 0 Å². The van der Waals surface area contributed by atoms with Gasteiger partial charge in [-0.2, -0.15) is 0 Å². The van der Waals surface area contributed by atoms with Crippen LogP contribution in [-0.2, 0) is 61.9 Å². The van der Waals surface area contributed by atoms with E-state index in [2.05, 4.69) is 0 Å². The first-order valence-electron chi connectivity index (χ1n) is 11.4. The van der Waals surface area contributed by atoms with Gasteiger partial charge in [0.2, 0.25) is 0 Å². The van der Waals surface area contributed by atoms with Crippen LogP contribution in [0.3, 0.4) is 0 Å². The summed E-state index contributed by atoms with van der Waals surface area (Å²) in [6.07, 6.45) is -12.6. The predicted molar refractivity (Wildman–Crippen MR) is 115 cm³/mol. The monoisotopic (exact) mass is 536 g/mol. The van der Waals surface area contributed by atoms with Gasteiger partial charge in [-0.25, -0.2) is 0 Å². The van der Waals surface area contributed by atoms with Crippen molar-refractivity contribution >= 4 is 29.8 Å². The number of carbonyl (C=O) groups is 5. The maximum absolute atomic E-state index is 11.9. The van der Waals surface area contributed by atoms with Crippen molar-refractivity contribution in [3.8, 4) is 0 Å². The topological polar surface area (TPSA) is 200 Å². The number of esters is 5. The van der Waals surface area contributed by atoms with Gasteiger partial charge in [0.25, 0.3) is 0 Å². The van der Waals surface area contributed by atoms with Crippen molar-refractivity contribution in [2.45, 2.75) is 96.3 Å². The average molecular weight is 536 g/mol. The second-order valence-electron chi connectivity index (χ2n) is 8.38. The van der Waals surface area contributed by atoms with Gasteiger partial charge in [0.1, 0.15) is 24.9 Å². The van der Waals surface area contributed by atoms with E-state index in [1.54, 1.807) is 0 Å². The van der Waals surface area contributed by atoms with Crippen LogP contribution in [0.15, 0.2) is 0 Å². The zero-order chi connectivity index (χ0) is 27.9. The molecule has 0 aromatic carbocycles. The third-order valence-electron chi connectivity index (χ3n) is 5.23. The van der Waals surface area contributed by atoms with Gasteiger partial charge in [-0.1, -0.05) is 0 Å². The Kier molecular flexibility index (Phi) is 11.2. The smallest absolute Gasteiger partial charge is 0.303 e. The van der Waals surface area contributed by atoms with Crippen molar-refractivity contribution in [2.24, 2.45) is 0 Å². The van der Waals surface area contributed by atoms with Crippen LogP contribution in [0.1, 0.15) is 41.0 Å². The van der Waals surface area contributed by atoms with E-state index in [0.29, 0.717) is 0 Å². The zero-order valence-electron chi connectivity index (χ0n) is 21.0. The SMILES string of the molecule is CC(=O)OC[C@H]1O[C@H](O)[C@H](OC(C)=O)[C@@H](OC(C)=O)[C@@H]1O[C@@H]1O[C@H](CO)C[C@H](OC(C)=O)[C@H]1OC(C)=O. The van der Waals surface area contributed by atoms with Gasteiger partial charge in [0.15, 0.2) is 30.9 Å². The van der Waals surface area contributed by atoms with Gasteiger partial charge in [0, 0.05) is 41.0 Å². The van der Waals surface area contributed by atoms with Crippen LogP contribution in [0, 0.1) is 0 Å². The lowest BCUT2D eigenvalue weighted by Crippen LogP contribution is -2.64. The largest absolute Gasteiger partial charge is 0.463 e. The Labute approximate surface area is 212 Å². The minimum Gasteiger partial charge on any atom is -0.463 e. The number of ether oxygens (including phenoxy) is 8. The summed E-state index contributed by atoms with van der Waals surface area (Å²) >= 11 is 0. The van der Waals surface area contributed by atoms with E-state index in [1.165, 1.54) is 0 Å². The molecule has 0 amide bonds. The summed E-state index contributed by atoms with van der Waals surface area (Å²) in [6.45, 7) is 4.44. The van der Waals surface area contributed by atoms with Crippen molar-refractivity contribution in [2.75, 3.05) is 13.2 Å². The molecule has 0 aliphatic carbocycles. The van der Waals surface area contributed by atoms with Crippen LogP contribution >= 0.6 is 0 Å². The van der Waals surface area contributed by atoms with Crippen LogP contribution in [-0.4, -0.2) is 109 Å². The van der Waals surface area contributed by atoms with Crippen molar-refractivity contribution in [1.29, 1.82) is 0 Å². The molecule has 2 heterocycles. The average Bonchev–Trinajstić information content (AvgIpc) is 2.77. The number of hydrogen-bond donors (Lipinski definition) is 2. The standard InChI is InChI=1S/C22H32O15/c1-9(24)30-8-16-17(19(33-12(4)27)20(21(29)36-16)34-13(5)28)37-22-18(32-11(3)26)15(31-10(2)25)6-14(7-23)35-22/h14-23,29H,6-8H2,1-5H3/t14-,15-,16+,17+,18+,19-,20+,21-,22-/m0/s1. The number of hydrogen-bond acceptors (Lipinski definition) is 15. The lowest BCUT2D eigenvalue weighted by Gasteiger charge is -2.46. The summed E-state index contributed by atoms with van der Waals surface area (Å²) in [6, 6.07) is 0.